The lowest BCUT2D eigenvalue weighted by Crippen LogP contribution is -2.28. The van der Waals surface area contributed by atoms with Crippen LogP contribution in [-0.2, 0) is 38.1 Å². The van der Waals surface area contributed by atoms with Crippen molar-refractivity contribution in [1.29, 1.82) is 0 Å². The first-order valence-corrected chi connectivity index (χ1v) is 32.1. The highest BCUT2D eigenvalue weighted by atomic mass is 16.5. The molecule has 0 amide bonds. The predicted octanol–water partition coefficient (Wildman–Crippen LogP) is 17.6. The molecule has 0 aromatic rings. The van der Waals surface area contributed by atoms with Gasteiger partial charge < -0.3 is 29.0 Å². The molecular formula is C64H123NO9. The lowest BCUT2D eigenvalue weighted by atomic mass is 9.83. The standard InChI is InChI=1S/C25H48O2.C24H46O2.C15H29NO5/c1-4-6-8-10-12-14-16-24(17-15-13-11-9-7-5-2)27-25(26)23-20-18-22(3)19-21-23;1-3-5-7-9-11-16-20-23(21-17-12-10-8-6-4-2)26-24(25)22-18-14-13-15-19-22;17-11-7-10-16(8-3-1-5-12-20-14-18)9-4-2-6-13-21-15-19/h22-24H,4-21H2,1-3H3;22-23H,3-21H2,1-2H3;14-15,17H,1-13H2. The maximum atomic E-state index is 12.6. The number of aliphatic hydroxyl groups is 1. The Balaban J connectivity index is 0.00000109. The first-order chi connectivity index (χ1) is 36.3. The number of unbranched alkanes of at least 4 members (excludes halogenated alkanes) is 24. The van der Waals surface area contributed by atoms with E-state index in [4.69, 9.17) is 14.6 Å². The fourth-order valence-corrected chi connectivity index (χ4v) is 10.6. The molecule has 2 aliphatic carbocycles. The van der Waals surface area contributed by atoms with Crippen LogP contribution in [-0.4, -0.2) is 86.6 Å². The molecule has 74 heavy (non-hydrogen) atoms. The Bertz CT molecular complexity index is 1140. The number of carbonyl (C=O) groups excluding carboxylic acids is 4. The molecule has 2 rings (SSSR count). The summed E-state index contributed by atoms with van der Waals surface area (Å²) in [5, 5.41) is 8.93. The van der Waals surface area contributed by atoms with Crippen molar-refractivity contribution in [1.82, 2.24) is 4.90 Å². The molecule has 0 aromatic carbocycles. The Kier molecular flexibility index (Phi) is 55.3. The van der Waals surface area contributed by atoms with Crippen molar-refractivity contribution in [2.24, 2.45) is 17.8 Å². The van der Waals surface area contributed by atoms with E-state index in [2.05, 4.69) is 49.0 Å². The first kappa shape index (κ1) is 71.8. The van der Waals surface area contributed by atoms with Crippen molar-refractivity contribution in [2.45, 2.75) is 329 Å². The predicted molar refractivity (Wildman–Crippen MR) is 309 cm³/mol. The topological polar surface area (TPSA) is 129 Å². The maximum absolute atomic E-state index is 12.6. The van der Waals surface area contributed by atoms with Crippen LogP contribution in [0.4, 0.5) is 0 Å². The van der Waals surface area contributed by atoms with Crippen molar-refractivity contribution in [3.8, 4) is 0 Å². The second-order valence-electron chi connectivity index (χ2n) is 22.6. The van der Waals surface area contributed by atoms with Crippen LogP contribution in [0, 0.1) is 17.8 Å². The summed E-state index contributed by atoms with van der Waals surface area (Å²) < 4.78 is 21.4. The molecule has 2 saturated carbocycles. The number of ether oxygens (including phenoxy) is 4. The minimum atomic E-state index is 0.115. The lowest BCUT2D eigenvalue weighted by Gasteiger charge is -2.27. The van der Waals surface area contributed by atoms with Crippen molar-refractivity contribution in [2.75, 3.05) is 39.5 Å². The number of rotatable bonds is 49. The molecule has 438 valence electrons. The number of hydrogen-bond acceptors (Lipinski definition) is 10. The largest absolute Gasteiger partial charge is 0.468 e. The van der Waals surface area contributed by atoms with Gasteiger partial charge in [0, 0.05) is 13.2 Å². The number of carbonyl (C=O) groups is 4. The van der Waals surface area contributed by atoms with Gasteiger partial charge >= 0.3 is 11.9 Å². The van der Waals surface area contributed by atoms with Crippen molar-refractivity contribution >= 4 is 24.9 Å². The van der Waals surface area contributed by atoms with Crippen LogP contribution in [0.3, 0.4) is 0 Å². The van der Waals surface area contributed by atoms with E-state index in [1.54, 1.807) is 0 Å². The summed E-state index contributed by atoms with van der Waals surface area (Å²) in [5.41, 5.74) is 0. The highest BCUT2D eigenvalue weighted by molar-refractivity contribution is 5.73. The third kappa shape index (κ3) is 47.0. The fraction of sp³-hybridized carbons (Fsp3) is 0.938. The first-order valence-electron chi connectivity index (χ1n) is 32.1. The van der Waals surface area contributed by atoms with E-state index in [-0.39, 0.29) is 42.6 Å². The van der Waals surface area contributed by atoms with Gasteiger partial charge in [-0.25, -0.2) is 0 Å². The zero-order valence-electron chi connectivity index (χ0n) is 49.6. The third-order valence-electron chi connectivity index (χ3n) is 15.6. The molecule has 0 radical (unpaired) electrons. The summed E-state index contributed by atoms with van der Waals surface area (Å²) in [7, 11) is 0. The van der Waals surface area contributed by atoms with Crippen molar-refractivity contribution < 1.29 is 43.2 Å². The van der Waals surface area contributed by atoms with Crippen LogP contribution >= 0.6 is 0 Å². The number of hydrogen-bond donors (Lipinski definition) is 1. The van der Waals surface area contributed by atoms with Gasteiger partial charge in [0.05, 0.1) is 25.0 Å². The number of nitrogens with zero attached hydrogens (tertiary/aromatic N) is 1. The number of aliphatic hydroxyl groups excluding tert-OH is 1. The van der Waals surface area contributed by atoms with Gasteiger partial charge in [0.1, 0.15) is 12.2 Å². The Hall–Kier alpha value is -2.20. The quantitative estimate of drug-likeness (QED) is 0.0272. The summed E-state index contributed by atoms with van der Waals surface area (Å²) >= 11 is 0. The van der Waals surface area contributed by atoms with Crippen LogP contribution in [0.1, 0.15) is 317 Å². The van der Waals surface area contributed by atoms with E-state index in [1.165, 1.54) is 186 Å². The second-order valence-corrected chi connectivity index (χ2v) is 22.6. The third-order valence-corrected chi connectivity index (χ3v) is 15.6. The molecule has 0 unspecified atom stereocenters. The van der Waals surface area contributed by atoms with Crippen molar-refractivity contribution in [3.63, 3.8) is 0 Å². The van der Waals surface area contributed by atoms with Gasteiger partial charge in [0.15, 0.2) is 0 Å². The molecule has 0 heterocycles. The zero-order valence-corrected chi connectivity index (χ0v) is 49.6. The smallest absolute Gasteiger partial charge is 0.309 e. The molecule has 0 atom stereocenters. The molecule has 0 aliphatic heterocycles. The van der Waals surface area contributed by atoms with E-state index in [0.29, 0.717) is 26.2 Å². The van der Waals surface area contributed by atoms with Gasteiger partial charge in [-0.2, -0.15) is 0 Å². The molecule has 0 spiro atoms. The fourth-order valence-electron chi connectivity index (χ4n) is 10.6. The monoisotopic (exact) mass is 1050 g/mol. The number of esters is 2. The molecule has 10 heteroatoms. The molecule has 2 fully saturated rings. The van der Waals surface area contributed by atoms with Gasteiger partial charge in [-0.05, 0) is 154 Å². The lowest BCUT2D eigenvalue weighted by molar-refractivity contribution is -0.157. The van der Waals surface area contributed by atoms with Gasteiger partial charge in [-0.1, -0.05) is 182 Å². The van der Waals surface area contributed by atoms with E-state index < -0.39 is 0 Å². The maximum Gasteiger partial charge on any atom is 0.309 e. The Morgan fingerprint density at radius 1 is 0.432 bits per heavy atom. The normalized spacial score (nSPS) is 15.8. The molecule has 10 nitrogen and oxygen atoms in total. The minimum Gasteiger partial charge on any atom is -0.468 e. The van der Waals surface area contributed by atoms with Crippen LogP contribution in [0.5, 0.6) is 0 Å². The molecule has 0 aromatic heterocycles. The van der Waals surface area contributed by atoms with E-state index in [1.807, 2.05) is 0 Å². The highest BCUT2D eigenvalue weighted by Crippen LogP contribution is 2.31. The van der Waals surface area contributed by atoms with Crippen LogP contribution in [0.25, 0.3) is 0 Å². The van der Waals surface area contributed by atoms with Crippen molar-refractivity contribution in [3.05, 3.63) is 0 Å². The summed E-state index contributed by atoms with van der Waals surface area (Å²) in [5.74, 6) is 1.39. The van der Waals surface area contributed by atoms with E-state index >= 15 is 0 Å². The van der Waals surface area contributed by atoms with Gasteiger partial charge in [-0.3, -0.25) is 19.2 Å². The SMILES string of the molecule is CCCCCCCCC(CCCCCCCC)OC(=O)C1CCC(C)CC1.CCCCCCCCC(CCCCCCCC)OC(=O)C1CCCCC1.O=COCCCCCN(CCCO)CCCCCOC=O. The highest BCUT2D eigenvalue weighted by Gasteiger charge is 2.28. The molecule has 1 N–H and O–H groups in total. The van der Waals surface area contributed by atoms with E-state index in [9.17, 15) is 19.2 Å². The van der Waals surface area contributed by atoms with Gasteiger partial charge in [0.25, 0.3) is 12.9 Å². The summed E-state index contributed by atoms with van der Waals surface area (Å²) in [6.07, 6.45) is 53.3. The van der Waals surface area contributed by atoms with E-state index in [0.717, 1.165) is 122 Å². The molecule has 0 saturated heterocycles. The molecule has 0 bridgehead atoms. The van der Waals surface area contributed by atoms with Gasteiger partial charge in [0.2, 0.25) is 0 Å². The Labute approximate surface area is 457 Å². The Morgan fingerprint density at radius 2 is 0.757 bits per heavy atom. The summed E-state index contributed by atoms with van der Waals surface area (Å²) in [6, 6.07) is 0. The average Bonchev–Trinajstić information content (AvgIpc) is 3.41. The Morgan fingerprint density at radius 3 is 1.11 bits per heavy atom. The van der Waals surface area contributed by atoms with Gasteiger partial charge in [-0.15, -0.1) is 0 Å². The van der Waals surface area contributed by atoms with Crippen LogP contribution in [0.2, 0.25) is 0 Å². The summed E-state index contributed by atoms with van der Waals surface area (Å²) in [6.45, 7) is 16.5. The molecular weight excluding hydrogens is 927 g/mol. The molecule has 2 aliphatic rings. The minimum absolute atomic E-state index is 0.115. The summed E-state index contributed by atoms with van der Waals surface area (Å²) in [4.78, 5) is 47.5. The second kappa shape index (κ2) is 57.0. The average molecular weight is 1050 g/mol. The van der Waals surface area contributed by atoms with Crippen LogP contribution in [0.15, 0.2) is 0 Å². The van der Waals surface area contributed by atoms with Crippen LogP contribution < -0.4 is 0 Å². The zero-order chi connectivity index (χ0) is 54.2.